The van der Waals surface area contributed by atoms with Crippen molar-refractivity contribution in [2.45, 2.75) is 50.5 Å². The number of rotatable bonds is 7. The normalized spacial score (nSPS) is 18.6. The number of aryl methyl sites for hydroxylation is 1. The number of ether oxygens (including phenoxy) is 1. The second kappa shape index (κ2) is 10.1. The van der Waals surface area contributed by atoms with Crippen LogP contribution in [0.3, 0.4) is 0 Å². The molecule has 172 valence electrons. The van der Waals surface area contributed by atoms with Crippen LogP contribution in [0.1, 0.15) is 48.5 Å². The van der Waals surface area contributed by atoms with Crippen molar-refractivity contribution in [2.24, 2.45) is 5.92 Å². The minimum atomic E-state index is -3.98. The van der Waals surface area contributed by atoms with Gasteiger partial charge in [-0.3, -0.25) is 9.52 Å². The average molecular weight is 463 g/mol. The molecule has 1 saturated carbocycles. The average Bonchev–Trinajstić information content (AvgIpc) is 2.75. The Morgan fingerprint density at radius 1 is 1.09 bits per heavy atom. The van der Waals surface area contributed by atoms with Crippen LogP contribution in [-0.2, 0) is 19.6 Å². The number of benzene rings is 2. The molecule has 32 heavy (non-hydrogen) atoms. The molecular formula is C23H27FN2O5S. The van der Waals surface area contributed by atoms with Crippen LogP contribution in [0, 0.1) is 18.7 Å². The number of hydrogen-bond acceptors (Lipinski definition) is 5. The summed E-state index contributed by atoms with van der Waals surface area (Å²) in [6.07, 6.45) is 4.19. The molecule has 0 aliphatic heterocycles. The zero-order valence-corrected chi connectivity index (χ0v) is 18.9. The first kappa shape index (κ1) is 23.7. The highest BCUT2D eigenvalue weighted by Gasteiger charge is 2.23. The van der Waals surface area contributed by atoms with E-state index in [2.05, 4.69) is 17.0 Å². The summed E-state index contributed by atoms with van der Waals surface area (Å²) in [5, 5.41) is 2.91. The van der Waals surface area contributed by atoms with Crippen molar-refractivity contribution in [1.82, 2.24) is 5.32 Å². The number of anilines is 1. The van der Waals surface area contributed by atoms with Crippen molar-refractivity contribution in [2.75, 3.05) is 11.3 Å². The van der Waals surface area contributed by atoms with E-state index in [1.807, 2.05) is 0 Å². The molecule has 7 nitrogen and oxygen atoms in total. The van der Waals surface area contributed by atoms with Gasteiger partial charge in [-0.05, 0) is 67.6 Å². The standard InChI is InChI=1S/C23H27FN2O5S/c1-15-5-3-4-6-20(15)25-22(27)14-31-23(28)17-8-7-16(2)21(13-17)26-32(29,30)19-11-9-18(24)10-12-19/h7-13,15,20,26H,3-6,14H2,1-2H3,(H,25,27)/t15-,20-/m0/s1. The zero-order valence-electron chi connectivity index (χ0n) is 18.1. The highest BCUT2D eigenvalue weighted by molar-refractivity contribution is 7.92. The molecule has 0 bridgehead atoms. The number of esters is 1. The summed E-state index contributed by atoms with van der Waals surface area (Å²) >= 11 is 0. The maximum absolute atomic E-state index is 13.1. The van der Waals surface area contributed by atoms with E-state index >= 15 is 0 Å². The summed E-state index contributed by atoms with van der Waals surface area (Å²) in [6.45, 7) is 3.36. The Morgan fingerprint density at radius 2 is 1.78 bits per heavy atom. The van der Waals surface area contributed by atoms with Gasteiger partial charge >= 0.3 is 5.97 Å². The SMILES string of the molecule is Cc1ccc(C(=O)OCC(=O)N[C@H]2CCCC[C@@H]2C)cc1NS(=O)(=O)c1ccc(F)cc1. The number of hydrogen-bond donors (Lipinski definition) is 2. The highest BCUT2D eigenvalue weighted by Crippen LogP contribution is 2.24. The van der Waals surface area contributed by atoms with Gasteiger partial charge in [-0.15, -0.1) is 0 Å². The quantitative estimate of drug-likeness (QED) is 0.610. The minimum absolute atomic E-state index is 0.0850. The first-order valence-corrected chi connectivity index (χ1v) is 12.0. The lowest BCUT2D eigenvalue weighted by atomic mass is 9.86. The topological polar surface area (TPSA) is 102 Å². The molecule has 2 aromatic rings. The molecule has 1 aliphatic rings. The fourth-order valence-electron chi connectivity index (χ4n) is 3.67. The van der Waals surface area contributed by atoms with E-state index in [4.69, 9.17) is 4.74 Å². The Balaban J connectivity index is 1.63. The third-order valence-corrected chi connectivity index (χ3v) is 7.02. The van der Waals surface area contributed by atoms with Crippen LogP contribution in [0.5, 0.6) is 0 Å². The third kappa shape index (κ3) is 6.06. The van der Waals surface area contributed by atoms with Gasteiger partial charge in [-0.25, -0.2) is 17.6 Å². The minimum Gasteiger partial charge on any atom is -0.452 e. The van der Waals surface area contributed by atoms with E-state index in [-0.39, 0.29) is 28.1 Å². The lowest BCUT2D eigenvalue weighted by Gasteiger charge is -2.29. The molecule has 0 unspecified atom stereocenters. The molecule has 9 heteroatoms. The van der Waals surface area contributed by atoms with Crippen molar-refractivity contribution in [3.63, 3.8) is 0 Å². The predicted molar refractivity (Wildman–Crippen MR) is 118 cm³/mol. The van der Waals surface area contributed by atoms with Crippen molar-refractivity contribution in [1.29, 1.82) is 0 Å². The summed E-state index contributed by atoms with van der Waals surface area (Å²) in [4.78, 5) is 24.5. The number of carbonyl (C=O) groups excluding carboxylic acids is 2. The molecule has 1 aliphatic carbocycles. The molecule has 0 aromatic heterocycles. The van der Waals surface area contributed by atoms with Gasteiger partial charge in [-0.1, -0.05) is 25.8 Å². The van der Waals surface area contributed by atoms with E-state index < -0.39 is 28.4 Å². The smallest absolute Gasteiger partial charge is 0.338 e. The number of amides is 1. The van der Waals surface area contributed by atoms with Crippen molar-refractivity contribution < 1.29 is 27.1 Å². The number of nitrogens with one attached hydrogen (secondary N) is 2. The van der Waals surface area contributed by atoms with Gasteiger partial charge in [0.2, 0.25) is 0 Å². The number of halogens is 1. The van der Waals surface area contributed by atoms with Crippen LogP contribution in [0.25, 0.3) is 0 Å². The van der Waals surface area contributed by atoms with Gasteiger partial charge in [-0.2, -0.15) is 0 Å². The molecule has 1 fully saturated rings. The first-order valence-electron chi connectivity index (χ1n) is 10.5. The number of sulfonamides is 1. The summed E-state index contributed by atoms with van der Waals surface area (Å²) in [5.74, 6) is -1.26. The maximum Gasteiger partial charge on any atom is 0.338 e. The Bertz CT molecular complexity index is 1090. The molecule has 0 radical (unpaired) electrons. The van der Waals surface area contributed by atoms with Gasteiger partial charge < -0.3 is 10.1 Å². The molecule has 1 amide bonds. The largest absolute Gasteiger partial charge is 0.452 e. The fourth-order valence-corrected chi connectivity index (χ4v) is 4.79. The van der Waals surface area contributed by atoms with Gasteiger partial charge in [0.1, 0.15) is 5.82 Å². The Labute approximate surface area is 187 Å². The summed E-state index contributed by atoms with van der Waals surface area (Å²) in [7, 11) is -3.98. The van der Waals surface area contributed by atoms with Crippen LogP contribution < -0.4 is 10.0 Å². The summed E-state index contributed by atoms with van der Waals surface area (Å²) in [5.41, 5.74) is 0.867. The molecule has 2 aromatic carbocycles. The molecule has 0 spiro atoms. The second-order valence-corrected chi connectivity index (χ2v) is 9.78. The second-order valence-electron chi connectivity index (χ2n) is 8.10. The van der Waals surface area contributed by atoms with Crippen LogP contribution in [-0.4, -0.2) is 32.9 Å². The van der Waals surface area contributed by atoms with Crippen molar-refractivity contribution in [3.05, 3.63) is 59.4 Å². The first-order chi connectivity index (χ1) is 15.2. The van der Waals surface area contributed by atoms with Gasteiger partial charge in [0.25, 0.3) is 15.9 Å². The van der Waals surface area contributed by atoms with Gasteiger partial charge in [0, 0.05) is 6.04 Å². The van der Waals surface area contributed by atoms with E-state index in [0.717, 1.165) is 49.9 Å². The predicted octanol–water partition coefficient (Wildman–Crippen LogP) is 3.79. The van der Waals surface area contributed by atoms with Gasteiger partial charge in [0.05, 0.1) is 16.1 Å². The van der Waals surface area contributed by atoms with Crippen LogP contribution in [0.4, 0.5) is 10.1 Å². The van der Waals surface area contributed by atoms with Crippen LogP contribution in [0.15, 0.2) is 47.4 Å². The van der Waals surface area contributed by atoms with Crippen molar-refractivity contribution in [3.8, 4) is 0 Å². The lowest BCUT2D eigenvalue weighted by molar-refractivity contribution is -0.125. The molecule has 2 atom stereocenters. The molecule has 0 heterocycles. The number of carbonyl (C=O) groups is 2. The third-order valence-electron chi connectivity index (χ3n) is 5.63. The van der Waals surface area contributed by atoms with E-state index in [9.17, 15) is 22.4 Å². The summed E-state index contributed by atoms with van der Waals surface area (Å²) in [6, 6.07) is 8.90. The molecule has 2 N–H and O–H groups in total. The van der Waals surface area contributed by atoms with E-state index in [1.54, 1.807) is 13.0 Å². The fraction of sp³-hybridized carbons (Fsp3) is 0.391. The molecular weight excluding hydrogens is 435 g/mol. The zero-order chi connectivity index (χ0) is 23.3. The Kier molecular flexibility index (Phi) is 7.50. The van der Waals surface area contributed by atoms with E-state index in [0.29, 0.717) is 11.5 Å². The highest BCUT2D eigenvalue weighted by atomic mass is 32.2. The van der Waals surface area contributed by atoms with Crippen LogP contribution >= 0.6 is 0 Å². The lowest BCUT2D eigenvalue weighted by Crippen LogP contribution is -2.42. The van der Waals surface area contributed by atoms with E-state index in [1.165, 1.54) is 12.1 Å². The van der Waals surface area contributed by atoms with Gasteiger partial charge in [0.15, 0.2) is 6.61 Å². The monoisotopic (exact) mass is 462 g/mol. The molecule has 3 rings (SSSR count). The Hall–Kier alpha value is -2.94. The molecule has 0 saturated heterocycles. The van der Waals surface area contributed by atoms with Crippen molar-refractivity contribution >= 4 is 27.6 Å². The maximum atomic E-state index is 13.1. The van der Waals surface area contributed by atoms with Crippen LogP contribution in [0.2, 0.25) is 0 Å². The summed E-state index contributed by atoms with van der Waals surface area (Å²) < 4.78 is 45.8. The Morgan fingerprint density at radius 3 is 2.47 bits per heavy atom.